The van der Waals surface area contributed by atoms with Crippen molar-refractivity contribution in [1.82, 2.24) is 4.90 Å². The Labute approximate surface area is 181 Å². The first-order valence-electron chi connectivity index (χ1n) is 9.75. The summed E-state index contributed by atoms with van der Waals surface area (Å²) >= 11 is 6.16. The number of hydrogen-bond acceptors (Lipinski definition) is 4. The van der Waals surface area contributed by atoms with E-state index in [0.29, 0.717) is 12.2 Å². The molecule has 8 heteroatoms. The number of carbonyl (C=O) groups is 1. The number of halogens is 2. The Morgan fingerprint density at radius 1 is 1.27 bits per heavy atom. The number of rotatable bonds is 6. The molecule has 0 saturated carbocycles. The second-order valence-electron chi connectivity index (χ2n) is 7.68. The largest absolute Gasteiger partial charge is 0.481 e. The highest BCUT2D eigenvalue weighted by Gasteiger charge is 2.37. The summed E-state index contributed by atoms with van der Waals surface area (Å²) in [7, 11) is -3.24. The average Bonchev–Trinajstić information content (AvgIpc) is 3.04. The summed E-state index contributed by atoms with van der Waals surface area (Å²) in [5.74, 6) is -0.514. The molecule has 0 aliphatic carbocycles. The van der Waals surface area contributed by atoms with E-state index in [9.17, 15) is 17.6 Å². The minimum absolute atomic E-state index is 0.00131. The number of benzene rings is 2. The van der Waals surface area contributed by atoms with Gasteiger partial charge in [-0.1, -0.05) is 29.8 Å². The van der Waals surface area contributed by atoms with Crippen LogP contribution in [-0.2, 0) is 21.2 Å². The van der Waals surface area contributed by atoms with Gasteiger partial charge in [0.15, 0.2) is 15.9 Å². The molecule has 162 valence electrons. The molecule has 1 saturated heterocycles. The number of nitrogens with zero attached hydrogens (tertiary/aromatic N) is 1. The fourth-order valence-electron chi connectivity index (χ4n) is 3.59. The van der Waals surface area contributed by atoms with Gasteiger partial charge in [-0.15, -0.1) is 0 Å². The first kappa shape index (κ1) is 22.6. The highest BCUT2D eigenvalue weighted by molar-refractivity contribution is 7.91. The highest BCUT2D eigenvalue weighted by Crippen LogP contribution is 2.27. The van der Waals surface area contributed by atoms with E-state index < -0.39 is 33.7 Å². The van der Waals surface area contributed by atoms with Gasteiger partial charge in [0, 0.05) is 16.6 Å². The minimum Gasteiger partial charge on any atom is -0.481 e. The predicted octanol–water partition coefficient (Wildman–Crippen LogP) is 4.08. The van der Waals surface area contributed by atoms with Gasteiger partial charge in [0.25, 0.3) is 5.91 Å². The molecule has 1 fully saturated rings. The van der Waals surface area contributed by atoms with E-state index in [1.165, 1.54) is 17.0 Å². The van der Waals surface area contributed by atoms with Crippen LogP contribution in [-0.4, -0.2) is 42.9 Å². The molecule has 0 unspecified atom stereocenters. The lowest BCUT2D eigenvalue weighted by Gasteiger charge is -2.31. The minimum atomic E-state index is -3.24. The fraction of sp³-hybridized carbons (Fsp3) is 0.409. The number of hydrogen-bond donors (Lipinski definition) is 0. The van der Waals surface area contributed by atoms with Crippen molar-refractivity contribution in [2.45, 2.75) is 45.9 Å². The summed E-state index contributed by atoms with van der Waals surface area (Å²) in [5, 5.41) is 0.191. The van der Waals surface area contributed by atoms with Gasteiger partial charge in [0.05, 0.1) is 18.1 Å². The molecule has 5 nitrogen and oxygen atoms in total. The van der Waals surface area contributed by atoms with Crippen LogP contribution < -0.4 is 4.74 Å². The molecule has 3 rings (SSSR count). The lowest BCUT2D eigenvalue weighted by molar-refractivity contribution is -0.140. The lowest BCUT2D eigenvalue weighted by atomic mass is 10.1. The van der Waals surface area contributed by atoms with Crippen molar-refractivity contribution in [3.05, 3.63) is 63.9 Å². The molecule has 1 heterocycles. The molecule has 0 bridgehead atoms. The number of amides is 1. The first-order chi connectivity index (χ1) is 14.1. The van der Waals surface area contributed by atoms with Crippen molar-refractivity contribution < 1.29 is 22.3 Å². The van der Waals surface area contributed by atoms with E-state index in [0.717, 1.165) is 11.1 Å². The third-order valence-electron chi connectivity index (χ3n) is 5.53. The van der Waals surface area contributed by atoms with Crippen molar-refractivity contribution in [1.29, 1.82) is 0 Å². The van der Waals surface area contributed by atoms with Crippen molar-refractivity contribution >= 4 is 27.3 Å². The Balaban J connectivity index is 1.89. The molecule has 2 atom stereocenters. The SMILES string of the molecule is Cc1cccc(O[C@H](C)C(=O)N(Cc2c(F)cccc2Cl)[C@H]2CCS(=O)(=O)C2)c1C. The lowest BCUT2D eigenvalue weighted by Crippen LogP contribution is -2.46. The van der Waals surface area contributed by atoms with E-state index in [1.807, 2.05) is 26.0 Å². The smallest absolute Gasteiger partial charge is 0.263 e. The van der Waals surface area contributed by atoms with Gasteiger partial charge in [-0.05, 0) is 56.5 Å². The molecular formula is C22H25ClFNO4S. The Kier molecular flexibility index (Phi) is 6.72. The van der Waals surface area contributed by atoms with Crippen LogP contribution >= 0.6 is 11.6 Å². The maximum atomic E-state index is 14.4. The normalized spacial score (nSPS) is 18.8. The Morgan fingerprint density at radius 2 is 1.97 bits per heavy atom. The molecule has 2 aromatic rings. The summed E-state index contributed by atoms with van der Waals surface area (Å²) < 4.78 is 44.4. The number of ether oxygens (including phenoxy) is 1. The van der Waals surface area contributed by atoms with Gasteiger partial charge in [0.2, 0.25) is 0 Å². The fourth-order valence-corrected chi connectivity index (χ4v) is 5.54. The Bertz CT molecular complexity index is 1040. The van der Waals surface area contributed by atoms with Crippen LogP contribution in [0.5, 0.6) is 5.75 Å². The van der Waals surface area contributed by atoms with E-state index in [1.54, 1.807) is 19.1 Å². The van der Waals surface area contributed by atoms with Gasteiger partial charge in [-0.3, -0.25) is 4.79 Å². The molecule has 2 aromatic carbocycles. The van der Waals surface area contributed by atoms with E-state index >= 15 is 0 Å². The zero-order chi connectivity index (χ0) is 22.1. The average molecular weight is 454 g/mol. The van der Waals surface area contributed by atoms with Crippen LogP contribution in [0.4, 0.5) is 4.39 Å². The zero-order valence-corrected chi connectivity index (χ0v) is 18.8. The second kappa shape index (κ2) is 8.94. The van der Waals surface area contributed by atoms with Gasteiger partial charge in [-0.2, -0.15) is 0 Å². The molecule has 1 aliphatic rings. The topological polar surface area (TPSA) is 63.7 Å². The van der Waals surface area contributed by atoms with Gasteiger partial charge < -0.3 is 9.64 Å². The van der Waals surface area contributed by atoms with Crippen LogP contribution in [0.25, 0.3) is 0 Å². The second-order valence-corrected chi connectivity index (χ2v) is 10.3. The first-order valence-corrected chi connectivity index (χ1v) is 12.0. The predicted molar refractivity (Wildman–Crippen MR) is 115 cm³/mol. The standard InChI is InChI=1S/C22H25ClFNO4S/c1-14-6-4-9-21(15(14)2)29-16(3)22(26)25(17-10-11-30(27,28)13-17)12-18-19(23)7-5-8-20(18)24/h4-9,16-17H,10-13H2,1-3H3/t16-,17+/m1/s1. The molecule has 30 heavy (non-hydrogen) atoms. The van der Waals surface area contributed by atoms with Crippen molar-refractivity contribution in [3.63, 3.8) is 0 Å². The van der Waals surface area contributed by atoms with Crippen LogP contribution in [0.3, 0.4) is 0 Å². The molecule has 0 aromatic heterocycles. The van der Waals surface area contributed by atoms with Crippen LogP contribution in [0.2, 0.25) is 5.02 Å². The van der Waals surface area contributed by atoms with Crippen molar-refractivity contribution in [2.75, 3.05) is 11.5 Å². The Morgan fingerprint density at radius 3 is 2.60 bits per heavy atom. The molecular weight excluding hydrogens is 429 g/mol. The molecule has 1 aliphatic heterocycles. The highest BCUT2D eigenvalue weighted by atomic mass is 35.5. The molecule has 0 N–H and O–H groups in total. The van der Waals surface area contributed by atoms with Crippen molar-refractivity contribution in [3.8, 4) is 5.75 Å². The number of aryl methyl sites for hydroxylation is 1. The summed E-state index contributed by atoms with van der Waals surface area (Å²) in [4.78, 5) is 14.7. The van der Waals surface area contributed by atoms with Crippen LogP contribution in [0, 0.1) is 19.7 Å². The van der Waals surface area contributed by atoms with Crippen LogP contribution in [0.15, 0.2) is 36.4 Å². The maximum absolute atomic E-state index is 14.4. The van der Waals surface area contributed by atoms with Gasteiger partial charge in [0.1, 0.15) is 11.6 Å². The van der Waals surface area contributed by atoms with E-state index in [-0.39, 0.29) is 28.6 Å². The molecule has 1 amide bonds. The summed E-state index contributed by atoms with van der Waals surface area (Å²) in [6.07, 6.45) is -0.574. The van der Waals surface area contributed by atoms with Crippen molar-refractivity contribution in [2.24, 2.45) is 0 Å². The number of carbonyl (C=O) groups excluding carboxylic acids is 1. The molecule has 0 spiro atoms. The summed E-state index contributed by atoms with van der Waals surface area (Å²) in [6, 6.07) is 9.32. The maximum Gasteiger partial charge on any atom is 0.263 e. The number of sulfone groups is 1. The third kappa shape index (κ3) is 4.95. The zero-order valence-electron chi connectivity index (χ0n) is 17.2. The third-order valence-corrected chi connectivity index (χ3v) is 7.63. The monoisotopic (exact) mass is 453 g/mol. The van der Waals surface area contributed by atoms with Crippen LogP contribution in [0.1, 0.15) is 30.0 Å². The summed E-state index contributed by atoms with van der Waals surface area (Å²) in [6.45, 7) is 5.35. The van der Waals surface area contributed by atoms with E-state index in [2.05, 4.69) is 0 Å². The van der Waals surface area contributed by atoms with Gasteiger partial charge in [-0.25, -0.2) is 12.8 Å². The molecule has 0 radical (unpaired) electrons. The quantitative estimate of drug-likeness (QED) is 0.661. The summed E-state index contributed by atoms with van der Waals surface area (Å²) in [5.41, 5.74) is 2.11. The Hall–Kier alpha value is -2.12. The van der Waals surface area contributed by atoms with Gasteiger partial charge >= 0.3 is 0 Å². The van der Waals surface area contributed by atoms with E-state index in [4.69, 9.17) is 16.3 Å².